The Morgan fingerprint density at radius 3 is 2.55 bits per heavy atom. The van der Waals surface area contributed by atoms with E-state index in [-0.39, 0.29) is 5.78 Å². The van der Waals surface area contributed by atoms with Gasteiger partial charge in [0.25, 0.3) is 0 Å². The molecule has 2 nitrogen and oxygen atoms in total. The molecule has 1 heterocycles. The van der Waals surface area contributed by atoms with Gasteiger partial charge in [-0.15, -0.1) is 0 Å². The maximum absolute atomic E-state index is 11.4. The van der Waals surface area contributed by atoms with Crippen LogP contribution in [0.25, 0.3) is 0 Å². The fraction of sp³-hybridized carbons (Fsp3) is 0.118. The zero-order valence-electron chi connectivity index (χ0n) is 11.2. The third-order valence-corrected chi connectivity index (χ3v) is 4.26. The van der Waals surface area contributed by atoms with Gasteiger partial charge in [0.1, 0.15) is 0 Å². The molecule has 1 aliphatic heterocycles. The standard InChI is InChI=1S/C17H15NOS/c1-13(19)11-17-18(12-14-7-3-2-4-8-14)15-9-5-6-10-16(15)20-17/h2-11H,12H2,1H3/b17-11-. The van der Waals surface area contributed by atoms with Gasteiger partial charge in [0.15, 0.2) is 5.78 Å². The summed E-state index contributed by atoms with van der Waals surface area (Å²) in [6.45, 7) is 2.38. The first-order chi connectivity index (χ1) is 9.74. The lowest BCUT2D eigenvalue weighted by Gasteiger charge is -2.20. The lowest BCUT2D eigenvalue weighted by atomic mass is 10.2. The van der Waals surface area contributed by atoms with E-state index in [9.17, 15) is 4.79 Å². The summed E-state index contributed by atoms with van der Waals surface area (Å²) in [6, 6.07) is 18.6. The van der Waals surface area contributed by atoms with Gasteiger partial charge in [-0.2, -0.15) is 0 Å². The molecular formula is C17H15NOS. The largest absolute Gasteiger partial charge is 0.330 e. The van der Waals surface area contributed by atoms with Crippen LogP contribution in [0.1, 0.15) is 12.5 Å². The van der Waals surface area contributed by atoms with Crippen molar-refractivity contribution in [3.63, 3.8) is 0 Å². The minimum absolute atomic E-state index is 0.0818. The summed E-state index contributed by atoms with van der Waals surface area (Å²) < 4.78 is 0. The quantitative estimate of drug-likeness (QED) is 0.785. The van der Waals surface area contributed by atoms with E-state index in [0.29, 0.717) is 0 Å². The number of fused-ring (bicyclic) bond motifs is 1. The Bertz CT molecular complexity index is 664. The maximum atomic E-state index is 11.4. The summed E-state index contributed by atoms with van der Waals surface area (Å²) in [6.07, 6.45) is 1.72. The van der Waals surface area contributed by atoms with Crippen molar-refractivity contribution in [2.24, 2.45) is 0 Å². The molecule has 0 saturated heterocycles. The normalized spacial score (nSPS) is 15.4. The van der Waals surface area contributed by atoms with E-state index in [0.717, 1.165) is 11.6 Å². The van der Waals surface area contributed by atoms with Crippen molar-refractivity contribution >= 4 is 23.2 Å². The fourth-order valence-corrected chi connectivity index (χ4v) is 3.42. The number of allylic oxidation sites excluding steroid dienone is 1. The number of ketones is 1. The molecule has 0 unspecified atom stereocenters. The number of anilines is 1. The molecule has 2 aromatic rings. The van der Waals surface area contributed by atoms with Crippen LogP contribution in [-0.2, 0) is 11.3 Å². The molecule has 0 bridgehead atoms. The Morgan fingerprint density at radius 2 is 1.80 bits per heavy atom. The number of hydrogen-bond donors (Lipinski definition) is 0. The van der Waals surface area contributed by atoms with Gasteiger partial charge >= 0.3 is 0 Å². The molecule has 0 fully saturated rings. The van der Waals surface area contributed by atoms with E-state index in [4.69, 9.17) is 0 Å². The van der Waals surface area contributed by atoms with Gasteiger partial charge in [-0.1, -0.05) is 54.2 Å². The minimum atomic E-state index is 0.0818. The van der Waals surface area contributed by atoms with Crippen molar-refractivity contribution in [3.05, 3.63) is 71.3 Å². The molecule has 3 rings (SSSR count). The molecule has 0 saturated carbocycles. The second-order valence-corrected chi connectivity index (χ2v) is 5.80. The van der Waals surface area contributed by atoms with E-state index >= 15 is 0 Å². The van der Waals surface area contributed by atoms with Gasteiger partial charge in [0.2, 0.25) is 0 Å². The highest BCUT2D eigenvalue weighted by molar-refractivity contribution is 8.03. The number of benzene rings is 2. The second-order valence-electron chi connectivity index (χ2n) is 4.73. The third kappa shape index (κ3) is 2.63. The molecule has 1 aliphatic rings. The van der Waals surface area contributed by atoms with Crippen LogP contribution < -0.4 is 4.90 Å². The molecule has 20 heavy (non-hydrogen) atoms. The summed E-state index contributed by atoms with van der Waals surface area (Å²) in [4.78, 5) is 14.8. The predicted molar refractivity (Wildman–Crippen MR) is 83.7 cm³/mol. The molecule has 100 valence electrons. The van der Waals surface area contributed by atoms with Gasteiger partial charge in [0, 0.05) is 17.5 Å². The summed E-state index contributed by atoms with van der Waals surface area (Å²) in [5.41, 5.74) is 2.41. The van der Waals surface area contributed by atoms with Gasteiger partial charge < -0.3 is 4.90 Å². The van der Waals surface area contributed by atoms with Gasteiger partial charge in [-0.25, -0.2) is 0 Å². The molecule has 0 N–H and O–H groups in total. The topological polar surface area (TPSA) is 20.3 Å². The lowest BCUT2D eigenvalue weighted by Crippen LogP contribution is -2.17. The average Bonchev–Trinajstić information content (AvgIpc) is 2.77. The van der Waals surface area contributed by atoms with Gasteiger partial charge in [-0.05, 0) is 24.6 Å². The highest BCUT2D eigenvalue weighted by Crippen LogP contribution is 2.46. The van der Waals surface area contributed by atoms with Crippen molar-refractivity contribution in [1.82, 2.24) is 0 Å². The maximum Gasteiger partial charge on any atom is 0.155 e. The lowest BCUT2D eigenvalue weighted by molar-refractivity contribution is -0.112. The first kappa shape index (κ1) is 13.0. The Labute approximate surface area is 123 Å². The van der Waals surface area contributed by atoms with Crippen molar-refractivity contribution in [2.75, 3.05) is 4.90 Å². The average molecular weight is 281 g/mol. The van der Waals surface area contributed by atoms with Crippen LogP contribution in [0, 0.1) is 0 Å². The molecule has 0 spiro atoms. The molecule has 2 aromatic carbocycles. The first-order valence-corrected chi connectivity index (χ1v) is 7.36. The van der Waals surface area contributed by atoms with Crippen molar-refractivity contribution in [3.8, 4) is 0 Å². The van der Waals surface area contributed by atoms with Crippen LogP contribution in [0.5, 0.6) is 0 Å². The van der Waals surface area contributed by atoms with Crippen LogP contribution in [0.2, 0.25) is 0 Å². The highest BCUT2D eigenvalue weighted by Gasteiger charge is 2.24. The zero-order valence-corrected chi connectivity index (χ0v) is 12.1. The van der Waals surface area contributed by atoms with E-state index in [1.165, 1.54) is 16.1 Å². The Hall–Kier alpha value is -2.00. The summed E-state index contributed by atoms with van der Waals surface area (Å²) in [5.74, 6) is 0.0818. The number of nitrogens with zero attached hydrogens (tertiary/aromatic N) is 1. The first-order valence-electron chi connectivity index (χ1n) is 6.54. The fourth-order valence-electron chi connectivity index (χ4n) is 2.26. The van der Waals surface area contributed by atoms with Crippen molar-refractivity contribution < 1.29 is 4.79 Å². The van der Waals surface area contributed by atoms with Gasteiger partial charge in [-0.3, -0.25) is 4.79 Å². The molecule has 0 aromatic heterocycles. The van der Waals surface area contributed by atoms with Crippen molar-refractivity contribution in [2.45, 2.75) is 18.4 Å². The third-order valence-electron chi connectivity index (χ3n) is 3.15. The Morgan fingerprint density at radius 1 is 1.10 bits per heavy atom. The van der Waals surface area contributed by atoms with Crippen LogP contribution in [-0.4, -0.2) is 5.78 Å². The molecule has 0 aliphatic carbocycles. The predicted octanol–water partition coefficient (Wildman–Crippen LogP) is 4.23. The molecule has 3 heteroatoms. The van der Waals surface area contributed by atoms with E-state index in [2.05, 4.69) is 29.2 Å². The van der Waals surface area contributed by atoms with E-state index in [1.54, 1.807) is 24.8 Å². The number of para-hydroxylation sites is 1. The molecule has 0 atom stereocenters. The Kier molecular flexibility index (Phi) is 3.61. The molecular weight excluding hydrogens is 266 g/mol. The van der Waals surface area contributed by atoms with Crippen LogP contribution in [0.3, 0.4) is 0 Å². The number of hydrogen-bond acceptors (Lipinski definition) is 3. The second kappa shape index (κ2) is 5.55. The van der Waals surface area contributed by atoms with Crippen molar-refractivity contribution in [1.29, 1.82) is 0 Å². The SMILES string of the molecule is CC(=O)/C=C1\Sc2ccccc2N1Cc1ccccc1. The number of rotatable bonds is 3. The monoisotopic (exact) mass is 281 g/mol. The smallest absolute Gasteiger partial charge is 0.155 e. The summed E-state index contributed by atoms with van der Waals surface area (Å²) in [5, 5.41) is 1.00. The molecule has 0 amide bonds. The number of carbonyl (C=O) groups is 1. The number of carbonyl (C=O) groups excluding carboxylic acids is 1. The molecule has 0 radical (unpaired) electrons. The van der Waals surface area contributed by atoms with Gasteiger partial charge in [0.05, 0.1) is 10.7 Å². The van der Waals surface area contributed by atoms with E-state index < -0.39 is 0 Å². The minimum Gasteiger partial charge on any atom is -0.330 e. The van der Waals surface area contributed by atoms with E-state index in [1.807, 2.05) is 30.3 Å². The number of thioether (sulfide) groups is 1. The van der Waals surface area contributed by atoms with Crippen LogP contribution in [0.15, 0.2) is 70.6 Å². The van der Waals surface area contributed by atoms with Crippen LogP contribution >= 0.6 is 11.8 Å². The zero-order chi connectivity index (χ0) is 13.9. The van der Waals surface area contributed by atoms with Crippen LogP contribution in [0.4, 0.5) is 5.69 Å². The summed E-state index contributed by atoms with van der Waals surface area (Å²) in [7, 11) is 0. The highest BCUT2D eigenvalue weighted by atomic mass is 32.2. The Balaban J connectivity index is 1.97. The summed E-state index contributed by atoms with van der Waals surface area (Å²) >= 11 is 1.66.